The summed E-state index contributed by atoms with van der Waals surface area (Å²) >= 11 is 0. The maximum atomic E-state index is 12.7. The van der Waals surface area contributed by atoms with Gasteiger partial charge in [-0.2, -0.15) is 0 Å². The molecular formula is C21H18O2. The van der Waals surface area contributed by atoms with Crippen LogP contribution in [0.3, 0.4) is 0 Å². The molecule has 0 fully saturated rings. The number of allylic oxidation sites excluding steroid dienone is 1. The van der Waals surface area contributed by atoms with Crippen molar-refractivity contribution in [2.24, 2.45) is 0 Å². The van der Waals surface area contributed by atoms with E-state index in [2.05, 4.69) is 31.2 Å². The highest BCUT2D eigenvalue weighted by Gasteiger charge is 2.14. The van der Waals surface area contributed by atoms with Gasteiger partial charge in [-0.25, -0.2) is 0 Å². The lowest BCUT2D eigenvalue weighted by Gasteiger charge is -2.13. The molecule has 0 aliphatic heterocycles. The van der Waals surface area contributed by atoms with Crippen LogP contribution in [-0.2, 0) is 12.8 Å². The molecule has 0 bridgehead atoms. The molecule has 2 aromatic carbocycles. The predicted molar refractivity (Wildman–Crippen MR) is 94.7 cm³/mol. The van der Waals surface area contributed by atoms with Crippen LogP contribution in [0, 0.1) is 0 Å². The first kappa shape index (κ1) is 14.0. The number of aryl methyl sites for hydroxylation is 2. The summed E-state index contributed by atoms with van der Waals surface area (Å²) in [6, 6.07) is 13.8. The minimum absolute atomic E-state index is 0.0317. The summed E-state index contributed by atoms with van der Waals surface area (Å²) in [5.41, 5.74) is 5.16. The smallest absolute Gasteiger partial charge is 0.193 e. The average Bonchev–Trinajstić information content (AvgIpc) is 2.61. The monoisotopic (exact) mass is 302 g/mol. The van der Waals surface area contributed by atoms with Crippen molar-refractivity contribution >= 4 is 17.0 Å². The van der Waals surface area contributed by atoms with Gasteiger partial charge in [-0.15, -0.1) is 0 Å². The molecule has 1 aliphatic carbocycles. The van der Waals surface area contributed by atoms with E-state index >= 15 is 0 Å². The van der Waals surface area contributed by atoms with Gasteiger partial charge in [-0.1, -0.05) is 49.4 Å². The molecule has 114 valence electrons. The molecule has 2 nitrogen and oxygen atoms in total. The summed E-state index contributed by atoms with van der Waals surface area (Å²) in [5, 5.41) is 0.701. The fourth-order valence-corrected chi connectivity index (χ4v) is 3.22. The van der Waals surface area contributed by atoms with Gasteiger partial charge in [0.1, 0.15) is 11.3 Å². The van der Waals surface area contributed by atoms with Crippen molar-refractivity contribution in [3.8, 4) is 11.3 Å². The molecule has 4 rings (SSSR count). The van der Waals surface area contributed by atoms with Crippen LogP contribution in [0.5, 0.6) is 0 Å². The van der Waals surface area contributed by atoms with Crippen LogP contribution in [-0.4, -0.2) is 0 Å². The minimum Gasteiger partial charge on any atom is -0.456 e. The van der Waals surface area contributed by atoms with Crippen LogP contribution in [0.15, 0.2) is 57.8 Å². The summed E-state index contributed by atoms with van der Waals surface area (Å²) in [5.74, 6) is 0.630. The fourth-order valence-electron chi connectivity index (χ4n) is 3.22. The van der Waals surface area contributed by atoms with Crippen molar-refractivity contribution in [1.29, 1.82) is 0 Å². The third kappa shape index (κ3) is 2.40. The van der Waals surface area contributed by atoms with Gasteiger partial charge >= 0.3 is 0 Å². The maximum absolute atomic E-state index is 12.7. The zero-order valence-corrected chi connectivity index (χ0v) is 13.1. The molecule has 0 saturated carbocycles. The van der Waals surface area contributed by atoms with E-state index in [9.17, 15) is 4.79 Å². The topological polar surface area (TPSA) is 30.2 Å². The van der Waals surface area contributed by atoms with Crippen molar-refractivity contribution < 1.29 is 4.42 Å². The highest BCUT2D eigenvalue weighted by atomic mass is 16.3. The summed E-state index contributed by atoms with van der Waals surface area (Å²) < 4.78 is 6.03. The average molecular weight is 302 g/mol. The standard InChI is InChI=1S/C21H18O2/c1-2-14-7-9-16(10-8-14)20-13-18(22)21-17-6-4-3-5-15(17)11-12-19(21)23-20/h4,6-13H,2-3,5H2,1H3. The Bertz CT molecular complexity index is 960. The Morgan fingerprint density at radius 3 is 2.70 bits per heavy atom. The van der Waals surface area contributed by atoms with Gasteiger partial charge in [0, 0.05) is 11.6 Å². The van der Waals surface area contributed by atoms with Crippen LogP contribution in [0.2, 0.25) is 0 Å². The maximum Gasteiger partial charge on any atom is 0.193 e. The third-order valence-electron chi connectivity index (χ3n) is 4.54. The second kappa shape index (κ2) is 5.54. The highest BCUT2D eigenvalue weighted by Crippen LogP contribution is 2.29. The molecule has 1 aromatic heterocycles. The molecule has 0 spiro atoms. The zero-order valence-electron chi connectivity index (χ0n) is 13.1. The molecule has 3 aromatic rings. The van der Waals surface area contributed by atoms with Gasteiger partial charge in [0.25, 0.3) is 0 Å². The number of rotatable bonds is 2. The fraction of sp³-hybridized carbons (Fsp3) is 0.190. The summed E-state index contributed by atoms with van der Waals surface area (Å²) in [4.78, 5) is 12.7. The van der Waals surface area contributed by atoms with Crippen LogP contribution in [0.1, 0.15) is 30.0 Å². The molecule has 1 heterocycles. The van der Waals surface area contributed by atoms with E-state index in [0.29, 0.717) is 16.7 Å². The number of benzene rings is 2. The molecule has 23 heavy (non-hydrogen) atoms. The van der Waals surface area contributed by atoms with Gasteiger partial charge < -0.3 is 4.42 Å². The van der Waals surface area contributed by atoms with E-state index in [0.717, 1.165) is 30.4 Å². The van der Waals surface area contributed by atoms with Gasteiger partial charge in [0.2, 0.25) is 0 Å². The predicted octanol–water partition coefficient (Wildman–Crippen LogP) is 4.98. The highest BCUT2D eigenvalue weighted by molar-refractivity contribution is 5.89. The van der Waals surface area contributed by atoms with E-state index in [1.54, 1.807) is 6.07 Å². The number of hydrogen-bond acceptors (Lipinski definition) is 2. The van der Waals surface area contributed by atoms with Crippen molar-refractivity contribution in [2.45, 2.75) is 26.2 Å². The number of hydrogen-bond donors (Lipinski definition) is 0. The Hall–Kier alpha value is -2.61. The first-order valence-electron chi connectivity index (χ1n) is 8.12. The van der Waals surface area contributed by atoms with Crippen LogP contribution in [0.4, 0.5) is 0 Å². The zero-order chi connectivity index (χ0) is 15.8. The van der Waals surface area contributed by atoms with E-state index < -0.39 is 0 Å². The van der Waals surface area contributed by atoms with Gasteiger partial charge in [0.15, 0.2) is 5.43 Å². The molecule has 0 N–H and O–H groups in total. The molecule has 0 atom stereocenters. The van der Waals surface area contributed by atoms with Crippen molar-refractivity contribution in [3.05, 3.63) is 75.5 Å². The second-order valence-electron chi connectivity index (χ2n) is 5.98. The van der Waals surface area contributed by atoms with E-state index in [4.69, 9.17) is 4.42 Å². The van der Waals surface area contributed by atoms with E-state index in [-0.39, 0.29) is 5.43 Å². The third-order valence-corrected chi connectivity index (χ3v) is 4.54. The van der Waals surface area contributed by atoms with Crippen LogP contribution in [0.25, 0.3) is 28.4 Å². The van der Waals surface area contributed by atoms with E-state index in [1.165, 1.54) is 11.1 Å². The first-order chi connectivity index (χ1) is 11.3. The lowest BCUT2D eigenvalue weighted by molar-refractivity contribution is 0.618. The van der Waals surface area contributed by atoms with E-state index in [1.807, 2.05) is 24.3 Å². The van der Waals surface area contributed by atoms with Crippen molar-refractivity contribution in [3.63, 3.8) is 0 Å². The Morgan fingerprint density at radius 2 is 1.91 bits per heavy atom. The molecule has 2 heteroatoms. The summed E-state index contributed by atoms with van der Waals surface area (Å²) in [6.45, 7) is 2.13. The van der Waals surface area contributed by atoms with Crippen LogP contribution < -0.4 is 5.43 Å². The van der Waals surface area contributed by atoms with Gasteiger partial charge in [-0.05, 0) is 42.0 Å². The lowest BCUT2D eigenvalue weighted by Crippen LogP contribution is -2.06. The SMILES string of the molecule is CCc1ccc(-c2cc(=O)c3c4c(ccc3o2)CCC=C4)cc1. The number of fused-ring (bicyclic) bond motifs is 3. The quantitative estimate of drug-likeness (QED) is 0.668. The second-order valence-corrected chi connectivity index (χ2v) is 5.98. The summed E-state index contributed by atoms with van der Waals surface area (Å²) in [6.07, 6.45) is 7.19. The lowest BCUT2D eigenvalue weighted by atomic mass is 9.94. The Balaban J connectivity index is 1.91. The summed E-state index contributed by atoms with van der Waals surface area (Å²) in [7, 11) is 0. The van der Waals surface area contributed by atoms with Crippen molar-refractivity contribution in [2.75, 3.05) is 0 Å². The molecule has 0 amide bonds. The van der Waals surface area contributed by atoms with Gasteiger partial charge in [0.05, 0.1) is 5.39 Å². The molecule has 0 unspecified atom stereocenters. The Morgan fingerprint density at radius 1 is 1.09 bits per heavy atom. The minimum atomic E-state index is 0.0317. The van der Waals surface area contributed by atoms with Crippen molar-refractivity contribution in [1.82, 2.24) is 0 Å². The molecule has 0 radical (unpaired) electrons. The largest absolute Gasteiger partial charge is 0.456 e. The van der Waals surface area contributed by atoms with Gasteiger partial charge in [-0.3, -0.25) is 4.79 Å². The molecule has 0 saturated heterocycles. The molecule has 1 aliphatic rings. The van der Waals surface area contributed by atoms with Crippen LogP contribution >= 0.6 is 0 Å². The Kier molecular flexibility index (Phi) is 3.38. The molecular weight excluding hydrogens is 284 g/mol. The Labute approximate surface area is 135 Å². The normalized spacial score (nSPS) is 13.3. The first-order valence-corrected chi connectivity index (χ1v) is 8.12.